The number of Topliss-reactive ketones (excluding diaryl/α,β-unsaturated/α-hetero) is 1. The minimum atomic E-state index is -0.0716. The molecule has 0 N–H and O–H groups in total. The first kappa shape index (κ1) is 15.2. The smallest absolute Gasteiger partial charge is 0.133 e. The van der Waals surface area contributed by atoms with Gasteiger partial charge >= 0.3 is 0 Å². The summed E-state index contributed by atoms with van der Waals surface area (Å²) < 4.78 is 5.23. The van der Waals surface area contributed by atoms with Crippen molar-refractivity contribution in [3.05, 3.63) is 0 Å². The van der Waals surface area contributed by atoms with Crippen LogP contribution in [0.15, 0.2) is 0 Å². The van der Waals surface area contributed by atoms with Crippen molar-refractivity contribution >= 4 is 5.78 Å². The van der Waals surface area contributed by atoms with Crippen LogP contribution in [0.4, 0.5) is 0 Å². The van der Waals surface area contributed by atoms with Gasteiger partial charge in [0.05, 0.1) is 0 Å². The molecule has 2 nitrogen and oxygen atoms in total. The van der Waals surface area contributed by atoms with Crippen molar-refractivity contribution in [1.29, 1.82) is 0 Å². The van der Waals surface area contributed by atoms with Crippen molar-refractivity contribution in [2.75, 3.05) is 7.11 Å². The van der Waals surface area contributed by atoms with E-state index in [0.717, 1.165) is 25.7 Å². The minimum absolute atomic E-state index is 0.0716. The maximum absolute atomic E-state index is 11.3. The Balaban J connectivity index is 3.80. The molecule has 0 amide bonds. The predicted octanol–water partition coefficient (Wildman–Crippen LogP) is 3.34. The lowest BCUT2D eigenvalue weighted by Gasteiger charge is -2.07. The Morgan fingerprint density at radius 1 is 1.25 bits per heavy atom. The number of rotatable bonds is 8. The van der Waals surface area contributed by atoms with E-state index in [-0.39, 0.29) is 6.10 Å². The molecule has 16 heavy (non-hydrogen) atoms. The fourth-order valence-corrected chi connectivity index (χ4v) is 1.40. The fourth-order valence-electron chi connectivity index (χ4n) is 1.40. The maximum atomic E-state index is 11.3. The second-order valence-electron chi connectivity index (χ2n) is 3.98. The monoisotopic (exact) mass is 224 g/mol. The molecule has 0 rings (SSSR count). The van der Waals surface area contributed by atoms with Gasteiger partial charge in [0.1, 0.15) is 11.9 Å². The zero-order valence-electron chi connectivity index (χ0n) is 10.8. The van der Waals surface area contributed by atoms with Gasteiger partial charge in [0.2, 0.25) is 0 Å². The molecule has 0 radical (unpaired) electrons. The van der Waals surface area contributed by atoms with Crippen molar-refractivity contribution in [3.8, 4) is 11.8 Å². The summed E-state index contributed by atoms with van der Waals surface area (Å²) >= 11 is 0. The summed E-state index contributed by atoms with van der Waals surface area (Å²) in [5.41, 5.74) is 0. The Morgan fingerprint density at radius 3 is 2.56 bits per heavy atom. The molecule has 0 saturated carbocycles. The molecule has 0 aliphatic heterocycles. The van der Waals surface area contributed by atoms with Crippen LogP contribution in [0.2, 0.25) is 0 Å². The minimum Gasteiger partial charge on any atom is -0.369 e. The molecular weight excluding hydrogens is 200 g/mol. The van der Waals surface area contributed by atoms with E-state index < -0.39 is 0 Å². The molecule has 0 aliphatic rings. The molecule has 1 atom stereocenters. The third kappa shape index (κ3) is 8.49. The number of ketones is 1. The molecule has 0 spiro atoms. The molecule has 0 heterocycles. The first-order chi connectivity index (χ1) is 7.74. The lowest BCUT2D eigenvalue weighted by molar-refractivity contribution is -0.119. The SMILES string of the molecule is CCCCC#CC(CCC(=O)CCC)OC. The van der Waals surface area contributed by atoms with Crippen LogP contribution in [-0.4, -0.2) is 19.0 Å². The molecule has 92 valence electrons. The van der Waals surface area contributed by atoms with Gasteiger partial charge in [-0.1, -0.05) is 26.2 Å². The van der Waals surface area contributed by atoms with Crippen LogP contribution in [0.5, 0.6) is 0 Å². The summed E-state index contributed by atoms with van der Waals surface area (Å²) in [4.78, 5) is 11.3. The van der Waals surface area contributed by atoms with Gasteiger partial charge in [-0.05, 0) is 19.3 Å². The highest BCUT2D eigenvalue weighted by atomic mass is 16.5. The molecule has 0 aliphatic carbocycles. The number of carbonyl (C=O) groups excluding carboxylic acids is 1. The third-order valence-electron chi connectivity index (χ3n) is 2.42. The van der Waals surface area contributed by atoms with E-state index in [1.165, 1.54) is 6.42 Å². The molecule has 2 heteroatoms. The second kappa shape index (κ2) is 10.7. The van der Waals surface area contributed by atoms with Crippen LogP contribution in [0.25, 0.3) is 0 Å². The number of hydrogen-bond donors (Lipinski definition) is 0. The Hall–Kier alpha value is -0.810. The van der Waals surface area contributed by atoms with E-state index in [0.29, 0.717) is 18.6 Å². The van der Waals surface area contributed by atoms with Crippen LogP contribution in [-0.2, 0) is 9.53 Å². The van der Waals surface area contributed by atoms with Gasteiger partial charge in [0.25, 0.3) is 0 Å². The van der Waals surface area contributed by atoms with Crippen LogP contribution in [0.1, 0.15) is 58.8 Å². The van der Waals surface area contributed by atoms with E-state index in [4.69, 9.17) is 4.74 Å². The van der Waals surface area contributed by atoms with E-state index in [1.54, 1.807) is 7.11 Å². The number of hydrogen-bond acceptors (Lipinski definition) is 2. The fraction of sp³-hybridized carbons (Fsp3) is 0.786. The number of carbonyl (C=O) groups is 1. The summed E-state index contributed by atoms with van der Waals surface area (Å²) in [5.74, 6) is 6.50. The molecule has 1 unspecified atom stereocenters. The van der Waals surface area contributed by atoms with Gasteiger partial charge in [0.15, 0.2) is 0 Å². The first-order valence-electron chi connectivity index (χ1n) is 6.27. The van der Waals surface area contributed by atoms with Gasteiger partial charge in [0, 0.05) is 26.4 Å². The van der Waals surface area contributed by atoms with Crippen molar-refractivity contribution < 1.29 is 9.53 Å². The standard InChI is InChI=1S/C14H24O2/c1-4-6-7-8-10-14(16-3)12-11-13(15)9-5-2/h14H,4-7,9,11-12H2,1-3H3. The van der Waals surface area contributed by atoms with Crippen LogP contribution >= 0.6 is 0 Å². The Bertz CT molecular complexity index is 235. The van der Waals surface area contributed by atoms with E-state index >= 15 is 0 Å². The van der Waals surface area contributed by atoms with Gasteiger partial charge in [-0.2, -0.15) is 0 Å². The average Bonchev–Trinajstić information content (AvgIpc) is 2.28. The van der Waals surface area contributed by atoms with Gasteiger partial charge in [-0.15, -0.1) is 5.92 Å². The molecule has 0 aromatic heterocycles. The normalized spacial score (nSPS) is 11.7. The summed E-state index contributed by atoms with van der Waals surface area (Å²) in [6.07, 6.45) is 6.10. The summed E-state index contributed by atoms with van der Waals surface area (Å²) in [6.45, 7) is 4.18. The zero-order chi connectivity index (χ0) is 12.2. The topological polar surface area (TPSA) is 26.3 Å². The predicted molar refractivity (Wildman–Crippen MR) is 67.2 cm³/mol. The van der Waals surface area contributed by atoms with Crippen LogP contribution < -0.4 is 0 Å². The lowest BCUT2D eigenvalue weighted by Crippen LogP contribution is -2.10. The quantitative estimate of drug-likeness (QED) is 0.467. The molecule has 0 aromatic rings. The number of methoxy groups -OCH3 is 1. The number of unbranched alkanes of at least 4 members (excludes halogenated alkanes) is 2. The zero-order valence-corrected chi connectivity index (χ0v) is 10.8. The van der Waals surface area contributed by atoms with Crippen LogP contribution in [0, 0.1) is 11.8 Å². The Labute approximate surface area is 99.8 Å². The molecule has 0 aromatic carbocycles. The van der Waals surface area contributed by atoms with E-state index in [1.807, 2.05) is 6.92 Å². The van der Waals surface area contributed by atoms with Crippen molar-refractivity contribution in [2.45, 2.75) is 64.9 Å². The summed E-state index contributed by atoms with van der Waals surface area (Å²) in [7, 11) is 1.66. The van der Waals surface area contributed by atoms with Gasteiger partial charge in [-0.25, -0.2) is 0 Å². The van der Waals surface area contributed by atoms with Crippen molar-refractivity contribution in [2.24, 2.45) is 0 Å². The van der Waals surface area contributed by atoms with Gasteiger partial charge < -0.3 is 4.74 Å². The second-order valence-corrected chi connectivity index (χ2v) is 3.98. The molecular formula is C14H24O2. The number of ether oxygens (including phenoxy) is 1. The Morgan fingerprint density at radius 2 is 2.00 bits per heavy atom. The molecule has 0 fully saturated rings. The van der Waals surface area contributed by atoms with E-state index in [2.05, 4.69) is 18.8 Å². The largest absolute Gasteiger partial charge is 0.369 e. The van der Waals surface area contributed by atoms with Crippen LogP contribution in [0.3, 0.4) is 0 Å². The van der Waals surface area contributed by atoms with E-state index in [9.17, 15) is 4.79 Å². The first-order valence-corrected chi connectivity index (χ1v) is 6.27. The highest BCUT2D eigenvalue weighted by molar-refractivity contribution is 5.78. The van der Waals surface area contributed by atoms with Crippen molar-refractivity contribution in [1.82, 2.24) is 0 Å². The highest BCUT2D eigenvalue weighted by Crippen LogP contribution is 2.04. The molecule has 0 bridgehead atoms. The molecule has 0 saturated heterocycles. The lowest BCUT2D eigenvalue weighted by atomic mass is 10.1. The van der Waals surface area contributed by atoms with Crippen molar-refractivity contribution in [3.63, 3.8) is 0 Å². The maximum Gasteiger partial charge on any atom is 0.133 e. The highest BCUT2D eigenvalue weighted by Gasteiger charge is 2.06. The summed E-state index contributed by atoms with van der Waals surface area (Å²) in [6, 6.07) is 0. The third-order valence-corrected chi connectivity index (χ3v) is 2.42. The van der Waals surface area contributed by atoms with Gasteiger partial charge in [-0.3, -0.25) is 4.79 Å². The summed E-state index contributed by atoms with van der Waals surface area (Å²) in [5, 5.41) is 0. The Kier molecular flexibility index (Phi) is 10.2. The average molecular weight is 224 g/mol.